The van der Waals surface area contributed by atoms with Gasteiger partial charge in [0, 0.05) is 11.6 Å². The zero-order valence-corrected chi connectivity index (χ0v) is 15.4. The Labute approximate surface area is 131 Å². The molecule has 0 aromatic carbocycles. The SMILES string of the molecule is CCCCCCCCCCCC[Si](C)(C)COC(=O)Cl. The van der Waals surface area contributed by atoms with E-state index in [0.717, 1.165) is 0 Å². The lowest BCUT2D eigenvalue weighted by Crippen LogP contribution is -2.33. The molecule has 0 spiro atoms. The fourth-order valence-electron chi connectivity index (χ4n) is 2.42. The smallest absolute Gasteiger partial charge is 0.403 e. The lowest BCUT2D eigenvalue weighted by molar-refractivity contribution is 0.190. The van der Waals surface area contributed by atoms with Crippen molar-refractivity contribution >= 4 is 25.1 Å². The van der Waals surface area contributed by atoms with Crippen LogP contribution in [0.4, 0.5) is 4.79 Å². The van der Waals surface area contributed by atoms with Crippen molar-refractivity contribution in [1.29, 1.82) is 0 Å². The molecule has 0 saturated carbocycles. The van der Waals surface area contributed by atoms with E-state index in [4.69, 9.17) is 16.3 Å². The Bertz CT molecular complexity index is 245. The van der Waals surface area contributed by atoms with Gasteiger partial charge in [-0.25, -0.2) is 4.79 Å². The van der Waals surface area contributed by atoms with Gasteiger partial charge in [-0.2, -0.15) is 0 Å². The zero-order valence-electron chi connectivity index (χ0n) is 13.7. The summed E-state index contributed by atoms with van der Waals surface area (Å²) in [5.74, 6) is 0. The number of carbonyl (C=O) groups excluding carboxylic acids is 1. The summed E-state index contributed by atoms with van der Waals surface area (Å²) >= 11 is 5.21. The molecule has 4 heteroatoms. The van der Waals surface area contributed by atoms with Crippen LogP contribution in [0.2, 0.25) is 19.1 Å². The fraction of sp³-hybridized carbons (Fsp3) is 0.938. The maximum absolute atomic E-state index is 10.6. The molecule has 0 fully saturated rings. The lowest BCUT2D eigenvalue weighted by Gasteiger charge is -2.20. The van der Waals surface area contributed by atoms with Crippen LogP contribution in [0.1, 0.15) is 71.1 Å². The molecule has 0 amide bonds. The normalized spacial score (nSPS) is 11.6. The third kappa shape index (κ3) is 14.4. The largest absolute Gasteiger partial charge is 0.457 e. The molecule has 2 nitrogen and oxygen atoms in total. The highest BCUT2D eigenvalue weighted by Gasteiger charge is 2.22. The van der Waals surface area contributed by atoms with Crippen LogP contribution in [-0.4, -0.2) is 19.7 Å². The molecule has 0 atom stereocenters. The van der Waals surface area contributed by atoms with E-state index in [1.165, 1.54) is 70.3 Å². The summed E-state index contributed by atoms with van der Waals surface area (Å²) in [7, 11) is -1.38. The van der Waals surface area contributed by atoms with Gasteiger partial charge < -0.3 is 4.74 Å². The van der Waals surface area contributed by atoms with Gasteiger partial charge in [0.1, 0.15) is 0 Å². The minimum Gasteiger partial charge on any atom is -0.457 e. The number of hydrogen-bond acceptors (Lipinski definition) is 2. The van der Waals surface area contributed by atoms with Crippen LogP contribution in [0.25, 0.3) is 0 Å². The molecular formula is C16H33ClO2Si. The Kier molecular flexibility index (Phi) is 12.7. The first-order valence-electron chi connectivity index (χ1n) is 8.30. The van der Waals surface area contributed by atoms with E-state index in [1.807, 2.05) is 0 Å². The highest BCUT2D eigenvalue weighted by molar-refractivity contribution is 6.77. The van der Waals surface area contributed by atoms with E-state index < -0.39 is 13.5 Å². The fourth-order valence-corrected chi connectivity index (χ4v) is 4.43. The predicted molar refractivity (Wildman–Crippen MR) is 91.3 cm³/mol. The van der Waals surface area contributed by atoms with Gasteiger partial charge in [0.25, 0.3) is 0 Å². The molecule has 120 valence electrons. The molecule has 0 unspecified atom stereocenters. The minimum atomic E-state index is -1.38. The summed E-state index contributed by atoms with van der Waals surface area (Å²) in [5.41, 5.74) is -0.659. The molecular weight excluding hydrogens is 288 g/mol. The highest BCUT2D eigenvalue weighted by Crippen LogP contribution is 2.17. The monoisotopic (exact) mass is 320 g/mol. The zero-order chi connectivity index (χ0) is 15.3. The summed E-state index contributed by atoms with van der Waals surface area (Å²) in [5, 5.41) is 0. The first-order valence-corrected chi connectivity index (χ1v) is 12.1. The Morgan fingerprint density at radius 3 is 1.80 bits per heavy atom. The maximum atomic E-state index is 10.6. The number of hydrogen-bond donors (Lipinski definition) is 0. The molecule has 0 aliphatic rings. The van der Waals surface area contributed by atoms with Gasteiger partial charge in [-0.05, 0) is 0 Å². The van der Waals surface area contributed by atoms with Crippen molar-refractivity contribution in [3.05, 3.63) is 0 Å². The topological polar surface area (TPSA) is 26.3 Å². The first-order chi connectivity index (χ1) is 9.48. The predicted octanol–water partition coefficient (Wildman–Crippen LogP) is 6.53. The van der Waals surface area contributed by atoms with Crippen molar-refractivity contribution in [3.8, 4) is 0 Å². The van der Waals surface area contributed by atoms with Crippen molar-refractivity contribution in [1.82, 2.24) is 0 Å². The van der Waals surface area contributed by atoms with Crippen molar-refractivity contribution in [3.63, 3.8) is 0 Å². The van der Waals surface area contributed by atoms with Gasteiger partial charge in [0.2, 0.25) is 0 Å². The molecule has 0 saturated heterocycles. The second-order valence-corrected chi connectivity index (χ2v) is 12.0. The van der Waals surface area contributed by atoms with Gasteiger partial charge in [-0.1, -0.05) is 90.3 Å². The molecule has 0 aliphatic carbocycles. The van der Waals surface area contributed by atoms with Crippen LogP contribution in [0.15, 0.2) is 0 Å². The minimum absolute atomic E-state index is 0.562. The molecule has 0 radical (unpaired) electrons. The Morgan fingerprint density at radius 2 is 1.35 bits per heavy atom. The summed E-state index contributed by atoms with van der Waals surface area (Å²) < 4.78 is 4.94. The Balaban J connectivity index is 3.32. The standard InChI is InChI=1S/C16H33ClO2Si/c1-4-5-6-7-8-9-10-11-12-13-14-20(2,3)15-19-16(17)18/h4-15H2,1-3H3. The summed E-state index contributed by atoms with van der Waals surface area (Å²) in [6.07, 6.45) is 14.2. The molecule has 0 heterocycles. The molecule has 0 bridgehead atoms. The number of unbranched alkanes of at least 4 members (excludes halogenated alkanes) is 9. The van der Waals surface area contributed by atoms with Gasteiger partial charge in [0.15, 0.2) is 0 Å². The van der Waals surface area contributed by atoms with E-state index >= 15 is 0 Å². The van der Waals surface area contributed by atoms with Crippen molar-refractivity contribution < 1.29 is 9.53 Å². The average molecular weight is 321 g/mol. The second-order valence-electron chi connectivity index (χ2n) is 6.62. The van der Waals surface area contributed by atoms with Crippen molar-refractivity contribution in [2.45, 2.75) is 90.3 Å². The molecule has 20 heavy (non-hydrogen) atoms. The number of halogens is 1. The summed E-state index contributed by atoms with van der Waals surface area (Å²) in [6.45, 7) is 6.79. The summed E-state index contributed by atoms with van der Waals surface area (Å²) in [6, 6.07) is 1.23. The van der Waals surface area contributed by atoms with Gasteiger partial charge in [0.05, 0.1) is 14.3 Å². The molecule has 0 aliphatic heterocycles. The molecule has 0 aromatic rings. The van der Waals surface area contributed by atoms with E-state index in [-0.39, 0.29) is 0 Å². The first kappa shape index (κ1) is 20.0. The maximum Gasteiger partial charge on any atom is 0.403 e. The van der Waals surface area contributed by atoms with E-state index in [2.05, 4.69) is 20.0 Å². The van der Waals surface area contributed by atoms with E-state index in [9.17, 15) is 4.79 Å². The third-order valence-corrected chi connectivity index (χ3v) is 6.53. The number of ether oxygens (including phenoxy) is 1. The van der Waals surface area contributed by atoms with Crippen LogP contribution in [0.5, 0.6) is 0 Å². The van der Waals surface area contributed by atoms with Crippen LogP contribution in [-0.2, 0) is 4.74 Å². The van der Waals surface area contributed by atoms with Crippen LogP contribution >= 0.6 is 11.6 Å². The summed E-state index contributed by atoms with van der Waals surface area (Å²) in [4.78, 5) is 10.6. The third-order valence-electron chi connectivity index (χ3n) is 3.78. The van der Waals surface area contributed by atoms with Crippen LogP contribution in [0.3, 0.4) is 0 Å². The average Bonchev–Trinajstić information content (AvgIpc) is 2.39. The van der Waals surface area contributed by atoms with E-state index in [0.29, 0.717) is 6.23 Å². The number of rotatable bonds is 13. The van der Waals surface area contributed by atoms with Gasteiger partial charge >= 0.3 is 5.43 Å². The van der Waals surface area contributed by atoms with E-state index in [1.54, 1.807) is 0 Å². The second kappa shape index (κ2) is 12.7. The van der Waals surface area contributed by atoms with Crippen molar-refractivity contribution in [2.24, 2.45) is 0 Å². The Hall–Kier alpha value is -0.0231. The van der Waals surface area contributed by atoms with Crippen LogP contribution < -0.4 is 0 Å². The van der Waals surface area contributed by atoms with Gasteiger partial charge in [-0.3, -0.25) is 0 Å². The van der Waals surface area contributed by atoms with Crippen LogP contribution in [0, 0.1) is 0 Å². The van der Waals surface area contributed by atoms with Crippen molar-refractivity contribution in [2.75, 3.05) is 6.23 Å². The highest BCUT2D eigenvalue weighted by atomic mass is 35.5. The lowest BCUT2D eigenvalue weighted by atomic mass is 10.1. The molecule has 0 N–H and O–H groups in total. The number of carbonyl (C=O) groups is 1. The van der Waals surface area contributed by atoms with Gasteiger partial charge in [-0.15, -0.1) is 0 Å². The molecule has 0 aromatic heterocycles. The molecule has 0 rings (SSSR count). The quantitative estimate of drug-likeness (QED) is 0.219. The Morgan fingerprint density at radius 1 is 0.900 bits per heavy atom.